The van der Waals surface area contributed by atoms with Crippen molar-refractivity contribution in [1.82, 2.24) is 10.2 Å². The van der Waals surface area contributed by atoms with Gasteiger partial charge in [0.1, 0.15) is 5.54 Å². The Bertz CT molecular complexity index is 998. The number of carbonyl (C=O) groups is 2. The van der Waals surface area contributed by atoms with Gasteiger partial charge in [0.15, 0.2) is 0 Å². The summed E-state index contributed by atoms with van der Waals surface area (Å²) in [6.45, 7) is 0.878. The number of nitrogens with zero attached hydrogens (tertiary/aromatic N) is 3. The molecule has 6 nitrogen and oxygen atoms in total. The Kier molecular flexibility index (Phi) is 4.54. The smallest absolute Gasteiger partial charge is 0.313 e. The molecule has 28 heavy (non-hydrogen) atoms. The first-order chi connectivity index (χ1) is 13.4. The van der Waals surface area contributed by atoms with Crippen molar-refractivity contribution in [2.75, 3.05) is 25.0 Å². The lowest BCUT2D eigenvalue weighted by molar-refractivity contribution is -0.124. The number of anilines is 1. The van der Waals surface area contributed by atoms with Crippen LogP contribution in [0.15, 0.2) is 42.5 Å². The van der Waals surface area contributed by atoms with Gasteiger partial charge in [-0.15, -0.1) is 0 Å². The van der Waals surface area contributed by atoms with E-state index in [1.165, 1.54) is 4.90 Å². The lowest BCUT2D eigenvalue weighted by atomic mass is 9.80. The molecule has 0 radical (unpaired) electrons. The Hall–Kier alpha value is -2.59. The summed E-state index contributed by atoms with van der Waals surface area (Å²) in [7, 11) is 1.63. The molecule has 3 amide bonds. The first-order valence-electron chi connectivity index (χ1n) is 8.67. The molecule has 1 spiro atoms. The van der Waals surface area contributed by atoms with Crippen molar-refractivity contribution in [2.45, 2.75) is 11.5 Å². The molecule has 2 aromatic rings. The van der Waals surface area contributed by atoms with Gasteiger partial charge >= 0.3 is 6.03 Å². The van der Waals surface area contributed by atoms with E-state index in [1.807, 2.05) is 12.1 Å². The van der Waals surface area contributed by atoms with E-state index in [9.17, 15) is 9.59 Å². The molecule has 142 valence electrons. The number of amides is 3. The van der Waals surface area contributed by atoms with Gasteiger partial charge in [0.25, 0.3) is 5.91 Å². The Morgan fingerprint density at radius 1 is 1.14 bits per heavy atom. The molecular weight excluding hydrogens is 401 g/mol. The summed E-state index contributed by atoms with van der Waals surface area (Å²) in [5.74, 6) is -0.570. The first kappa shape index (κ1) is 18.8. The van der Waals surface area contributed by atoms with Gasteiger partial charge in [-0.2, -0.15) is 5.26 Å². The average molecular weight is 417 g/mol. The third kappa shape index (κ3) is 2.67. The summed E-state index contributed by atoms with van der Waals surface area (Å²) in [6, 6.07) is 13.4. The normalized spacial score (nSPS) is 24.3. The molecule has 2 fully saturated rings. The molecule has 8 heteroatoms. The molecule has 0 saturated carbocycles. The van der Waals surface area contributed by atoms with Gasteiger partial charge in [0.2, 0.25) is 0 Å². The number of rotatable bonds is 2. The fourth-order valence-corrected chi connectivity index (χ4v) is 4.61. The van der Waals surface area contributed by atoms with Crippen LogP contribution in [0.2, 0.25) is 10.0 Å². The summed E-state index contributed by atoms with van der Waals surface area (Å²) in [6.07, 6.45) is 0. The van der Waals surface area contributed by atoms with Crippen LogP contribution in [0.4, 0.5) is 10.5 Å². The van der Waals surface area contributed by atoms with Crippen LogP contribution in [0.3, 0.4) is 0 Å². The van der Waals surface area contributed by atoms with Gasteiger partial charge in [0, 0.05) is 36.1 Å². The third-order valence-electron chi connectivity index (χ3n) is 5.52. The van der Waals surface area contributed by atoms with Gasteiger partial charge in [-0.05, 0) is 35.9 Å². The van der Waals surface area contributed by atoms with Gasteiger partial charge in [-0.25, -0.2) is 9.69 Å². The Morgan fingerprint density at radius 2 is 1.79 bits per heavy atom. The van der Waals surface area contributed by atoms with E-state index in [0.717, 1.165) is 10.5 Å². The first-order valence-corrected chi connectivity index (χ1v) is 9.43. The zero-order valence-electron chi connectivity index (χ0n) is 14.9. The summed E-state index contributed by atoms with van der Waals surface area (Å²) in [5, 5.41) is 13.0. The maximum atomic E-state index is 13.6. The number of hydrogen-bond donors (Lipinski definition) is 1. The number of urea groups is 1. The molecule has 0 unspecified atom stereocenters. The molecule has 2 aliphatic rings. The second-order valence-electron chi connectivity index (χ2n) is 6.95. The maximum Gasteiger partial charge on any atom is 0.332 e. The molecule has 2 aliphatic heterocycles. The maximum absolute atomic E-state index is 13.6. The largest absolute Gasteiger partial charge is 0.332 e. The van der Waals surface area contributed by atoms with Gasteiger partial charge in [-0.3, -0.25) is 4.79 Å². The molecule has 0 bridgehead atoms. The monoisotopic (exact) mass is 416 g/mol. The predicted molar refractivity (Wildman–Crippen MR) is 107 cm³/mol. The van der Waals surface area contributed by atoms with E-state index in [0.29, 0.717) is 34.4 Å². The topological polar surface area (TPSA) is 76.4 Å². The number of benzene rings is 2. The van der Waals surface area contributed by atoms with E-state index in [2.05, 4.69) is 11.4 Å². The Morgan fingerprint density at radius 3 is 2.39 bits per heavy atom. The van der Waals surface area contributed by atoms with Crippen molar-refractivity contribution >= 4 is 40.8 Å². The van der Waals surface area contributed by atoms with E-state index in [-0.39, 0.29) is 11.8 Å². The quantitative estimate of drug-likeness (QED) is 0.761. The van der Waals surface area contributed by atoms with E-state index in [4.69, 9.17) is 28.5 Å². The van der Waals surface area contributed by atoms with Crippen LogP contribution in [0, 0.1) is 11.3 Å². The van der Waals surface area contributed by atoms with Crippen molar-refractivity contribution in [3.05, 3.63) is 63.6 Å². The highest BCUT2D eigenvalue weighted by Crippen LogP contribution is 2.44. The number of hydrogen-bond acceptors (Lipinski definition) is 4. The predicted octanol–water partition coefficient (Wildman–Crippen LogP) is 3.39. The molecule has 2 aromatic carbocycles. The van der Waals surface area contributed by atoms with Crippen LogP contribution in [-0.4, -0.2) is 42.5 Å². The molecule has 0 aliphatic carbocycles. The molecule has 2 saturated heterocycles. The van der Waals surface area contributed by atoms with Gasteiger partial charge < -0.3 is 10.2 Å². The third-order valence-corrected chi connectivity index (χ3v) is 5.95. The van der Waals surface area contributed by atoms with Crippen molar-refractivity contribution in [2.24, 2.45) is 0 Å². The second kappa shape index (κ2) is 6.78. The Labute approximate surface area is 172 Å². The fourth-order valence-electron chi connectivity index (χ4n) is 4.10. The zero-order valence-corrected chi connectivity index (χ0v) is 16.5. The van der Waals surface area contributed by atoms with Crippen LogP contribution >= 0.6 is 23.2 Å². The highest BCUT2D eigenvalue weighted by Gasteiger charge is 2.62. The summed E-state index contributed by atoms with van der Waals surface area (Å²) < 4.78 is 0. The number of nitriles is 1. The molecule has 0 aromatic heterocycles. The van der Waals surface area contributed by atoms with Crippen LogP contribution in [0.1, 0.15) is 17.0 Å². The summed E-state index contributed by atoms with van der Waals surface area (Å²) in [5.41, 5.74) is 0.728. The van der Waals surface area contributed by atoms with E-state index >= 15 is 0 Å². The van der Waals surface area contributed by atoms with Crippen molar-refractivity contribution < 1.29 is 9.59 Å². The van der Waals surface area contributed by atoms with Crippen molar-refractivity contribution in [1.29, 1.82) is 5.26 Å². The number of nitrogens with one attached hydrogen (secondary N) is 1. The minimum absolute atomic E-state index is 0.249. The van der Waals surface area contributed by atoms with Crippen molar-refractivity contribution in [3.8, 4) is 6.07 Å². The molecule has 4 rings (SSSR count). The highest BCUT2D eigenvalue weighted by atomic mass is 35.5. The van der Waals surface area contributed by atoms with Crippen LogP contribution in [0.5, 0.6) is 0 Å². The minimum atomic E-state index is -1.06. The van der Waals surface area contributed by atoms with Crippen LogP contribution in [-0.2, 0) is 4.79 Å². The SMILES string of the molecule is CN1C(=O)N(c2cc(Cl)cc(Cl)c2)C(=O)[C@]12CNC[C@H]2c1ccc([14C]#N)cc1. The molecule has 1 N–H and O–H groups in total. The summed E-state index contributed by atoms with van der Waals surface area (Å²) in [4.78, 5) is 29.2. The molecule has 2 atom stereocenters. The van der Waals surface area contributed by atoms with Crippen LogP contribution in [0.25, 0.3) is 0 Å². The average Bonchev–Trinajstić information content (AvgIpc) is 3.19. The number of halogens is 2. The van der Waals surface area contributed by atoms with Gasteiger partial charge in [-0.1, -0.05) is 35.3 Å². The lowest BCUT2D eigenvalue weighted by Gasteiger charge is -2.33. The molecule has 2 heterocycles. The minimum Gasteiger partial charge on any atom is -0.313 e. The van der Waals surface area contributed by atoms with E-state index in [1.54, 1.807) is 37.4 Å². The van der Waals surface area contributed by atoms with E-state index < -0.39 is 11.6 Å². The summed E-state index contributed by atoms with van der Waals surface area (Å²) >= 11 is 12.2. The fraction of sp³-hybridized carbons (Fsp3) is 0.250. The van der Waals surface area contributed by atoms with Crippen LogP contribution < -0.4 is 10.2 Å². The lowest BCUT2D eigenvalue weighted by Crippen LogP contribution is -2.53. The highest BCUT2D eigenvalue weighted by molar-refractivity contribution is 6.35. The second-order valence-corrected chi connectivity index (χ2v) is 7.82. The number of imide groups is 1. The number of carbonyl (C=O) groups excluding carboxylic acids is 2. The number of likely N-dealkylation sites (N-methyl/N-ethyl adjacent to an activating group) is 1. The Balaban J connectivity index is 1.78. The molecular formula is C20H16Cl2N4O2. The standard InChI is InChI=1S/C20H16Cl2N4O2/c1-25-19(28)26(16-7-14(21)6-15(22)8-16)18(27)20(25)11-24-10-17(20)13-4-2-12(9-23)3-5-13/h2-8,17,24H,10-11H2,1H3/t17-,20+/m0/s1/i9+2. The van der Waals surface area contributed by atoms with Crippen molar-refractivity contribution in [3.63, 3.8) is 0 Å². The zero-order chi connectivity index (χ0) is 20.1. The van der Waals surface area contributed by atoms with Gasteiger partial charge in [0.05, 0.1) is 17.3 Å².